The Bertz CT molecular complexity index is 1400. The average molecular weight is 481 g/mol. The van der Waals surface area contributed by atoms with Crippen LogP contribution in [0.4, 0.5) is 0 Å². The SMILES string of the molecule is CCOC(=O)C1=C(C)N=c2s/c(=C/c3ccccc3OC)c(=O)n2C1c1ccc(SC)cc1. The fourth-order valence-electron chi connectivity index (χ4n) is 3.82. The molecule has 6 nitrogen and oxygen atoms in total. The van der Waals surface area contributed by atoms with Crippen molar-refractivity contribution in [3.05, 3.63) is 90.6 Å². The Morgan fingerprint density at radius 1 is 1.21 bits per heavy atom. The van der Waals surface area contributed by atoms with Gasteiger partial charge in [-0.1, -0.05) is 41.7 Å². The van der Waals surface area contributed by atoms with Crippen molar-refractivity contribution in [1.29, 1.82) is 0 Å². The molecule has 0 saturated heterocycles. The number of thioether (sulfide) groups is 1. The zero-order valence-corrected chi connectivity index (χ0v) is 20.5. The highest BCUT2D eigenvalue weighted by atomic mass is 32.2. The van der Waals surface area contributed by atoms with Gasteiger partial charge in [0.15, 0.2) is 4.80 Å². The molecular weight excluding hydrogens is 456 g/mol. The van der Waals surface area contributed by atoms with Crippen molar-refractivity contribution < 1.29 is 14.3 Å². The third-order valence-electron chi connectivity index (χ3n) is 5.37. The van der Waals surface area contributed by atoms with Crippen molar-refractivity contribution >= 4 is 35.1 Å². The number of nitrogens with zero attached hydrogens (tertiary/aromatic N) is 2. The number of esters is 1. The highest BCUT2D eigenvalue weighted by Crippen LogP contribution is 2.31. The van der Waals surface area contributed by atoms with Crippen LogP contribution in [0.15, 0.2) is 74.5 Å². The van der Waals surface area contributed by atoms with Crippen LogP contribution in [0.1, 0.15) is 31.0 Å². The molecule has 2 heterocycles. The second-order valence-electron chi connectivity index (χ2n) is 7.32. The molecule has 1 unspecified atom stereocenters. The summed E-state index contributed by atoms with van der Waals surface area (Å²) in [5.74, 6) is 0.215. The van der Waals surface area contributed by atoms with Gasteiger partial charge in [-0.15, -0.1) is 11.8 Å². The largest absolute Gasteiger partial charge is 0.496 e. The first-order valence-electron chi connectivity index (χ1n) is 10.4. The lowest BCUT2D eigenvalue weighted by Crippen LogP contribution is -2.39. The summed E-state index contributed by atoms with van der Waals surface area (Å²) in [6.45, 7) is 3.79. The molecule has 1 aliphatic rings. The van der Waals surface area contributed by atoms with Gasteiger partial charge < -0.3 is 9.47 Å². The first-order valence-corrected chi connectivity index (χ1v) is 12.5. The molecule has 33 heavy (non-hydrogen) atoms. The van der Waals surface area contributed by atoms with Gasteiger partial charge in [0.05, 0.1) is 35.6 Å². The minimum Gasteiger partial charge on any atom is -0.496 e. The van der Waals surface area contributed by atoms with Crippen LogP contribution in [-0.4, -0.2) is 30.5 Å². The second kappa shape index (κ2) is 9.80. The van der Waals surface area contributed by atoms with E-state index in [0.717, 1.165) is 16.0 Å². The Kier molecular flexibility index (Phi) is 6.85. The molecule has 2 aromatic carbocycles. The smallest absolute Gasteiger partial charge is 0.338 e. The summed E-state index contributed by atoms with van der Waals surface area (Å²) in [5, 5.41) is 0. The predicted octanol–water partition coefficient (Wildman–Crippen LogP) is 3.53. The third-order valence-corrected chi connectivity index (χ3v) is 7.10. The number of thiazole rings is 1. The number of aromatic nitrogens is 1. The maximum absolute atomic E-state index is 13.6. The van der Waals surface area contributed by atoms with E-state index in [4.69, 9.17) is 9.47 Å². The molecule has 1 aliphatic heterocycles. The van der Waals surface area contributed by atoms with Gasteiger partial charge in [0.2, 0.25) is 0 Å². The van der Waals surface area contributed by atoms with E-state index in [9.17, 15) is 9.59 Å². The number of fused-ring (bicyclic) bond motifs is 1. The van der Waals surface area contributed by atoms with E-state index in [1.165, 1.54) is 11.3 Å². The maximum atomic E-state index is 13.6. The lowest BCUT2D eigenvalue weighted by atomic mass is 9.96. The van der Waals surface area contributed by atoms with Crippen LogP contribution in [0.5, 0.6) is 5.75 Å². The van der Waals surface area contributed by atoms with E-state index >= 15 is 0 Å². The van der Waals surface area contributed by atoms with E-state index < -0.39 is 12.0 Å². The second-order valence-corrected chi connectivity index (χ2v) is 9.21. The molecule has 0 aliphatic carbocycles. The molecule has 0 amide bonds. The van der Waals surface area contributed by atoms with Crippen molar-refractivity contribution in [3.8, 4) is 5.75 Å². The van der Waals surface area contributed by atoms with Gasteiger partial charge in [-0.2, -0.15) is 0 Å². The van der Waals surface area contributed by atoms with Crippen LogP contribution in [0.2, 0.25) is 0 Å². The average Bonchev–Trinajstić information content (AvgIpc) is 3.13. The van der Waals surface area contributed by atoms with Gasteiger partial charge >= 0.3 is 5.97 Å². The zero-order valence-electron chi connectivity index (χ0n) is 18.8. The van der Waals surface area contributed by atoms with Gasteiger partial charge in [0.25, 0.3) is 5.56 Å². The third kappa shape index (κ3) is 4.41. The van der Waals surface area contributed by atoms with Gasteiger partial charge in [0, 0.05) is 10.5 Å². The Hall–Kier alpha value is -3.10. The number of methoxy groups -OCH3 is 1. The number of benzene rings is 2. The summed E-state index contributed by atoms with van der Waals surface area (Å²) in [5.41, 5.74) is 2.35. The molecule has 0 spiro atoms. The minimum absolute atomic E-state index is 0.210. The van der Waals surface area contributed by atoms with Gasteiger partial charge in [-0.3, -0.25) is 9.36 Å². The summed E-state index contributed by atoms with van der Waals surface area (Å²) in [7, 11) is 1.60. The molecule has 1 aromatic heterocycles. The molecule has 0 N–H and O–H groups in total. The van der Waals surface area contributed by atoms with E-state index in [0.29, 0.717) is 26.4 Å². The molecule has 170 valence electrons. The summed E-state index contributed by atoms with van der Waals surface area (Å²) >= 11 is 2.93. The van der Waals surface area contributed by atoms with E-state index in [-0.39, 0.29) is 12.2 Å². The van der Waals surface area contributed by atoms with Crippen LogP contribution in [0, 0.1) is 0 Å². The molecule has 3 aromatic rings. The minimum atomic E-state index is -0.615. The normalized spacial score (nSPS) is 15.8. The summed E-state index contributed by atoms with van der Waals surface area (Å²) in [6, 6.07) is 14.8. The van der Waals surface area contributed by atoms with Crippen molar-refractivity contribution in [2.24, 2.45) is 4.99 Å². The van der Waals surface area contributed by atoms with Crippen LogP contribution >= 0.6 is 23.1 Å². The topological polar surface area (TPSA) is 69.9 Å². The summed E-state index contributed by atoms with van der Waals surface area (Å²) < 4.78 is 12.9. The van der Waals surface area contributed by atoms with Crippen molar-refractivity contribution in [2.45, 2.75) is 24.8 Å². The molecule has 0 fully saturated rings. The van der Waals surface area contributed by atoms with E-state index in [1.54, 1.807) is 43.4 Å². The molecule has 0 bridgehead atoms. The molecule has 4 rings (SSSR count). The number of ether oxygens (including phenoxy) is 2. The molecule has 8 heteroatoms. The van der Waals surface area contributed by atoms with Crippen molar-refractivity contribution in [2.75, 3.05) is 20.0 Å². The summed E-state index contributed by atoms with van der Waals surface area (Å²) in [6.07, 6.45) is 3.81. The standard InChI is InChI=1S/C25H24N2O4S2/c1-5-31-24(29)21-15(2)26-25-27(22(21)16-10-12-18(32-4)13-11-16)23(28)20(33-25)14-17-8-6-7-9-19(17)30-3/h6-14,22H,5H2,1-4H3/b20-14+. The molecule has 0 saturated carbocycles. The highest BCUT2D eigenvalue weighted by molar-refractivity contribution is 7.98. The van der Waals surface area contributed by atoms with Gasteiger partial charge in [-0.05, 0) is 49.9 Å². The van der Waals surface area contributed by atoms with Crippen molar-refractivity contribution in [1.82, 2.24) is 4.57 Å². The summed E-state index contributed by atoms with van der Waals surface area (Å²) in [4.78, 5) is 32.8. The van der Waals surface area contributed by atoms with Crippen LogP contribution in [-0.2, 0) is 9.53 Å². The van der Waals surface area contributed by atoms with Crippen LogP contribution in [0.25, 0.3) is 6.08 Å². The Morgan fingerprint density at radius 3 is 2.61 bits per heavy atom. The Labute approximate surface area is 199 Å². The highest BCUT2D eigenvalue weighted by Gasteiger charge is 2.33. The fourth-order valence-corrected chi connectivity index (χ4v) is 5.27. The quantitative estimate of drug-likeness (QED) is 0.399. The lowest BCUT2D eigenvalue weighted by molar-refractivity contribution is -0.139. The Balaban J connectivity index is 1.95. The monoisotopic (exact) mass is 480 g/mol. The van der Waals surface area contributed by atoms with Crippen LogP contribution in [0.3, 0.4) is 0 Å². The lowest BCUT2D eigenvalue weighted by Gasteiger charge is -2.24. The molecular formula is C25H24N2O4S2. The number of allylic oxidation sites excluding steroid dienone is 1. The number of hydrogen-bond donors (Lipinski definition) is 0. The fraction of sp³-hybridized carbons (Fsp3) is 0.240. The number of carbonyl (C=O) groups excluding carboxylic acids is 1. The molecule has 0 radical (unpaired) electrons. The maximum Gasteiger partial charge on any atom is 0.338 e. The van der Waals surface area contributed by atoms with Crippen molar-refractivity contribution in [3.63, 3.8) is 0 Å². The number of rotatable bonds is 6. The zero-order chi connectivity index (χ0) is 23.5. The van der Waals surface area contributed by atoms with Gasteiger partial charge in [-0.25, -0.2) is 9.79 Å². The first-order chi connectivity index (χ1) is 16.0. The van der Waals surface area contributed by atoms with E-state index in [2.05, 4.69) is 4.99 Å². The van der Waals surface area contributed by atoms with E-state index in [1.807, 2.05) is 54.8 Å². The predicted molar refractivity (Wildman–Crippen MR) is 132 cm³/mol. The first kappa shape index (κ1) is 23.1. The number of para-hydroxylation sites is 1. The number of hydrogen-bond acceptors (Lipinski definition) is 7. The van der Waals surface area contributed by atoms with Gasteiger partial charge in [0.1, 0.15) is 5.75 Å². The number of carbonyl (C=O) groups is 1. The van der Waals surface area contributed by atoms with Crippen LogP contribution < -0.4 is 19.6 Å². The Morgan fingerprint density at radius 2 is 1.94 bits per heavy atom. The molecule has 1 atom stereocenters.